The molecule has 14 heavy (non-hydrogen) atoms. The van der Waals surface area contributed by atoms with Crippen LogP contribution in [0.4, 0.5) is 5.82 Å². The highest BCUT2D eigenvalue weighted by Crippen LogP contribution is 2.12. The lowest BCUT2D eigenvalue weighted by atomic mass is 10.1. The molecule has 5 heteroatoms. The van der Waals surface area contributed by atoms with Crippen molar-refractivity contribution in [3.63, 3.8) is 0 Å². The van der Waals surface area contributed by atoms with Crippen LogP contribution in [-0.2, 0) is 4.79 Å². The summed E-state index contributed by atoms with van der Waals surface area (Å²) in [6, 6.07) is 3.19. The summed E-state index contributed by atoms with van der Waals surface area (Å²) in [5.41, 5.74) is 4.67. The van der Waals surface area contributed by atoms with Crippen molar-refractivity contribution in [1.82, 2.24) is 4.98 Å². The lowest BCUT2D eigenvalue weighted by Gasteiger charge is -2.17. The summed E-state index contributed by atoms with van der Waals surface area (Å²) in [6.45, 7) is 3.24. The van der Waals surface area contributed by atoms with Crippen LogP contribution in [0.25, 0.3) is 0 Å². The van der Waals surface area contributed by atoms with Gasteiger partial charge in [0.05, 0.1) is 5.54 Å². The number of amides is 1. The molecule has 0 aliphatic heterocycles. The number of nitrogens with one attached hydrogen (secondary N) is 1. The van der Waals surface area contributed by atoms with E-state index in [9.17, 15) is 4.79 Å². The summed E-state index contributed by atoms with van der Waals surface area (Å²) in [6.07, 6.45) is 1.52. The van der Waals surface area contributed by atoms with Gasteiger partial charge in [-0.05, 0) is 26.0 Å². The van der Waals surface area contributed by atoms with Crippen molar-refractivity contribution in [2.45, 2.75) is 19.4 Å². The summed E-state index contributed by atoms with van der Waals surface area (Å²) in [4.78, 5) is 15.3. The van der Waals surface area contributed by atoms with Crippen LogP contribution in [0.5, 0.6) is 0 Å². The monoisotopic (exact) mass is 213 g/mol. The highest BCUT2D eigenvalue weighted by atomic mass is 35.5. The zero-order chi connectivity index (χ0) is 10.8. The molecule has 0 saturated heterocycles. The lowest BCUT2D eigenvalue weighted by Crippen LogP contribution is -2.45. The molecule has 1 aromatic rings. The van der Waals surface area contributed by atoms with Crippen molar-refractivity contribution < 1.29 is 4.79 Å². The molecule has 0 bridgehead atoms. The average Bonchev–Trinajstić information content (AvgIpc) is 2.02. The van der Waals surface area contributed by atoms with Gasteiger partial charge < -0.3 is 11.1 Å². The van der Waals surface area contributed by atoms with E-state index >= 15 is 0 Å². The Labute approximate surface area is 87.5 Å². The van der Waals surface area contributed by atoms with E-state index in [2.05, 4.69) is 10.3 Å². The second-order valence-electron chi connectivity index (χ2n) is 3.54. The first-order chi connectivity index (χ1) is 6.39. The van der Waals surface area contributed by atoms with Crippen LogP contribution in [0.2, 0.25) is 5.02 Å². The molecule has 0 atom stereocenters. The molecule has 0 fully saturated rings. The highest BCUT2D eigenvalue weighted by molar-refractivity contribution is 6.30. The first-order valence-corrected chi connectivity index (χ1v) is 4.49. The molecule has 0 aromatic carbocycles. The minimum absolute atomic E-state index is 0.299. The first kappa shape index (κ1) is 10.9. The third-order valence-electron chi connectivity index (χ3n) is 1.55. The summed E-state index contributed by atoms with van der Waals surface area (Å²) in [7, 11) is 0. The number of halogens is 1. The fraction of sp³-hybridized carbons (Fsp3) is 0.333. The van der Waals surface area contributed by atoms with E-state index in [0.29, 0.717) is 10.8 Å². The van der Waals surface area contributed by atoms with Crippen molar-refractivity contribution in [2.75, 3.05) is 5.32 Å². The molecule has 76 valence electrons. The number of anilines is 1. The van der Waals surface area contributed by atoms with Crippen molar-refractivity contribution in [1.29, 1.82) is 0 Å². The molecule has 1 rings (SSSR count). The molecule has 3 N–H and O–H groups in total. The molecule has 1 heterocycles. The molecule has 4 nitrogen and oxygen atoms in total. The number of rotatable bonds is 2. The van der Waals surface area contributed by atoms with Gasteiger partial charge in [-0.15, -0.1) is 0 Å². The maximum atomic E-state index is 11.4. The van der Waals surface area contributed by atoms with Gasteiger partial charge >= 0.3 is 0 Å². The second kappa shape index (κ2) is 3.94. The maximum Gasteiger partial charge on any atom is 0.245 e. The fourth-order valence-corrected chi connectivity index (χ4v) is 0.910. The Morgan fingerprint density at radius 2 is 2.29 bits per heavy atom. The molecule has 0 unspecified atom stereocenters. The van der Waals surface area contributed by atoms with Crippen molar-refractivity contribution in [3.8, 4) is 0 Å². The van der Waals surface area contributed by atoms with Gasteiger partial charge in [0.25, 0.3) is 0 Å². The standard InChI is InChI=1S/C9H12ClN3O/c1-9(2,11)8(14)13-7-5-6(10)3-4-12-7/h3-5H,11H2,1-2H3,(H,12,13,14). The second-order valence-corrected chi connectivity index (χ2v) is 3.97. The van der Waals surface area contributed by atoms with Crippen molar-refractivity contribution in [3.05, 3.63) is 23.4 Å². The fourth-order valence-electron chi connectivity index (χ4n) is 0.751. The Bertz CT molecular complexity index is 346. The minimum atomic E-state index is -0.927. The number of pyridine rings is 1. The van der Waals surface area contributed by atoms with Crippen LogP contribution in [-0.4, -0.2) is 16.4 Å². The van der Waals surface area contributed by atoms with Crippen molar-refractivity contribution in [2.24, 2.45) is 5.73 Å². The minimum Gasteiger partial charge on any atom is -0.318 e. The molecular weight excluding hydrogens is 202 g/mol. The molecule has 1 amide bonds. The number of carbonyl (C=O) groups is 1. The molecule has 0 spiro atoms. The quantitative estimate of drug-likeness (QED) is 0.781. The average molecular weight is 214 g/mol. The number of hydrogen-bond donors (Lipinski definition) is 2. The number of hydrogen-bond acceptors (Lipinski definition) is 3. The molecule has 0 aliphatic rings. The number of nitrogens with zero attached hydrogens (tertiary/aromatic N) is 1. The maximum absolute atomic E-state index is 11.4. The predicted octanol–water partition coefficient (Wildman–Crippen LogP) is 1.41. The Morgan fingerprint density at radius 3 is 2.79 bits per heavy atom. The van der Waals surface area contributed by atoms with Gasteiger partial charge in [-0.1, -0.05) is 11.6 Å². The summed E-state index contributed by atoms with van der Waals surface area (Å²) in [5.74, 6) is 0.105. The molecule has 0 aliphatic carbocycles. The Balaban J connectivity index is 2.75. The number of aromatic nitrogens is 1. The first-order valence-electron chi connectivity index (χ1n) is 4.11. The van der Waals surface area contributed by atoms with Gasteiger partial charge in [-0.3, -0.25) is 4.79 Å². The van der Waals surface area contributed by atoms with Gasteiger partial charge in [-0.25, -0.2) is 4.98 Å². The van der Waals surface area contributed by atoms with Crippen LogP contribution in [0, 0.1) is 0 Å². The summed E-state index contributed by atoms with van der Waals surface area (Å²) < 4.78 is 0. The van der Waals surface area contributed by atoms with E-state index < -0.39 is 5.54 Å². The van der Waals surface area contributed by atoms with Gasteiger partial charge in [0.1, 0.15) is 5.82 Å². The van der Waals surface area contributed by atoms with Crippen LogP contribution >= 0.6 is 11.6 Å². The summed E-state index contributed by atoms with van der Waals surface area (Å²) >= 11 is 5.72. The Kier molecular flexibility index (Phi) is 3.08. The Hall–Kier alpha value is -1.13. The van der Waals surface area contributed by atoms with Gasteiger partial charge in [-0.2, -0.15) is 0 Å². The van der Waals surface area contributed by atoms with E-state index in [1.54, 1.807) is 26.0 Å². The zero-order valence-corrected chi connectivity index (χ0v) is 8.80. The number of nitrogens with two attached hydrogens (primary N) is 1. The van der Waals surface area contributed by atoms with Gasteiger partial charge in [0.2, 0.25) is 5.91 Å². The van der Waals surface area contributed by atoms with Gasteiger partial charge in [0, 0.05) is 11.2 Å². The molecule has 1 aromatic heterocycles. The van der Waals surface area contributed by atoms with Crippen molar-refractivity contribution >= 4 is 23.3 Å². The van der Waals surface area contributed by atoms with E-state index in [-0.39, 0.29) is 5.91 Å². The zero-order valence-electron chi connectivity index (χ0n) is 8.04. The third kappa shape index (κ3) is 2.97. The Morgan fingerprint density at radius 1 is 1.64 bits per heavy atom. The lowest BCUT2D eigenvalue weighted by molar-refractivity contribution is -0.120. The largest absolute Gasteiger partial charge is 0.318 e. The van der Waals surface area contributed by atoms with Crippen LogP contribution in [0.1, 0.15) is 13.8 Å². The molecular formula is C9H12ClN3O. The van der Waals surface area contributed by atoms with E-state index in [1.807, 2.05) is 0 Å². The van der Waals surface area contributed by atoms with Crippen LogP contribution in [0.15, 0.2) is 18.3 Å². The number of carbonyl (C=O) groups excluding carboxylic acids is 1. The normalized spacial score (nSPS) is 11.1. The molecule has 0 saturated carbocycles. The van der Waals surface area contributed by atoms with E-state index in [0.717, 1.165) is 0 Å². The summed E-state index contributed by atoms with van der Waals surface area (Å²) in [5, 5.41) is 3.08. The van der Waals surface area contributed by atoms with E-state index in [4.69, 9.17) is 17.3 Å². The predicted molar refractivity (Wildman–Crippen MR) is 56.1 cm³/mol. The smallest absolute Gasteiger partial charge is 0.245 e. The van der Waals surface area contributed by atoms with Crippen LogP contribution < -0.4 is 11.1 Å². The highest BCUT2D eigenvalue weighted by Gasteiger charge is 2.21. The third-order valence-corrected chi connectivity index (χ3v) is 1.78. The topological polar surface area (TPSA) is 68.0 Å². The van der Waals surface area contributed by atoms with Gasteiger partial charge in [0.15, 0.2) is 0 Å². The van der Waals surface area contributed by atoms with E-state index in [1.165, 1.54) is 6.20 Å². The molecule has 0 radical (unpaired) electrons. The van der Waals surface area contributed by atoms with Crippen LogP contribution in [0.3, 0.4) is 0 Å². The SMILES string of the molecule is CC(C)(N)C(=O)Nc1cc(Cl)ccn1.